The maximum atomic E-state index is 11.6. The van der Waals surface area contributed by atoms with Gasteiger partial charge in [0.25, 0.3) is 0 Å². The van der Waals surface area contributed by atoms with Crippen LogP contribution in [0.25, 0.3) is 0 Å². The Morgan fingerprint density at radius 2 is 2.06 bits per heavy atom. The number of aliphatic hydroxyl groups is 1. The quantitative estimate of drug-likeness (QED) is 0.402. The first kappa shape index (κ1) is 13.4. The summed E-state index contributed by atoms with van der Waals surface area (Å²) in [7, 11) is 1.41. The predicted octanol–water partition coefficient (Wildman–Crippen LogP) is 0.347. The third kappa shape index (κ3) is 2.73. The molecule has 0 saturated heterocycles. The van der Waals surface area contributed by atoms with E-state index in [-0.39, 0.29) is 6.61 Å². The summed E-state index contributed by atoms with van der Waals surface area (Å²) in [5, 5.41) is 11.2. The number of hydrogen-bond donors (Lipinski definition) is 3. The Morgan fingerprint density at radius 3 is 2.53 bits per heavy atom. The average molecular weight is 238 g/mol. The van der Waals surface area contributed by atoms with Crippen molar-refractivity contribution in [3.05, 3.63) is 29.3 Å². The molecule has 0 unspecified atom stereocenters. The van der Waals surface area contributed by atoms with E-state index < -0.39 is 6.03 Å². The Morgan fingerprint density at radius 1 is 1.41 bits per heavy atom. The second-order valence-corrected chi connectivity index (χ2v) is 3.69. The first-order valence-corrected chi connectivity index (χ1v) is 5.31. The number of urea groups is 1. The van der Waals surface area contributed by atoms with E-state index in [9.17, 15) is 9.90 Å². The first-order chi connectivity index (χ1) is 8.02. The van der Waals surface area contributed by atoms with Crippen LogP contribution in [0.3, 0.4) is 0 Å². The molecule has 0 atom stereocenters. The zero-order chi connectivity index (χ0) is 13.0. The lowest BCUT2D eigenvalue weighted by Gasteiger charge is -2.23. The van der Waals surface area contributed by atoms with E-state index in [1.807, 2.05) is 13.0 Å². The number of benzene rings is 1. The molecular weight excluding hydrogens is 220 g/mol. The second kappa shape index (κ2) is 5.62. The molecule has 1 rings (SSSR count). The Bertz CT molecular complexity index is 406. The fraction of sp³-hybridized carbons (Fsp3) is 0.364. The van der Waals surface area contributed by atoms with E-state index in [0.717, 1.165) is 22.0 Å². The zero-order valence-electron chi connectivity index (χ0n) is 10.1. The van der Waals surface area contributed by atoms with Gasteiger partial charge in [-0.05, 0) is 18.1 Å². The van der Waals surface area contributed by atoms with Crippen molar-refractivity contribution in [3.63, 3.8) is 0 Å². The number of carbonyl (C=O) groups excluding carboxylic acids is 1. The van der Waals surface area contributed by atoms with Crippen LogP contribution in [0.1, 0.15) is 18.1 Å². The number of nitrogens with two attached hydrogens (primary N) is 2. The van der Waals surface area contributed by atoms with Gasteiger partial charge in [0, 0.05) is 12.6 Å². The van der Waals surface area contributed by atoms with Crippen molar-refractivity contribution >= 4 is 11.7 Å². The summed E-state index contributed by atoms with van der Waals surface area (Å²) in [5.41, 5.74) is 2.06. The Kier molecular flexibility index (Phi) is 4.45. The van der Waals surface area contributed by atoms with E-state index in [1.165, 1.54) is 7.05 Å². The van der Waals surface area contributed by atoms with Crippen LogP contribution in [0.2, 0.25) is 0 Å². The highest BCUT2D eigenvalue weighted by Crippen LogP contribution is 2.23. The molecular formula is C11H18N4O2. The van der Waals surface area contributed by atoms with Crippen LogP contribution in [0, 0.1) is 0 Å². The predicted molar refractivity (Wildman–Crippen MR) is 65.8 cm³/mol. The van der Waals surface area contributed by atoms with Crippen LogP contribution in [-0.2, 0) is 13.0 Å². The molecule has 0 bridgehead atoms. The number of nitrogens with zero attached hydrogens (tertiary/aromatic N) is 2. The van der Waals surface area contributed by atoms with Gasteiger partial charge in [-0.2, -0.15) is 0 Å². The molecule has 0 radical (unpaired) electrons. The Balaban J connectivity index is 3.17. The van der Waals surface area contributed by atoms with Crippen LogP contribution in [0.15, 0.2) is 18.2 Å². The van der Waals surface area contributed by atoms with Crippen molar-refractivity contribution < 1.29 is 9.90 Å². The van der Waals surface area contributed by atoms with Crippen LogP contribution in [0.5, 0.6) is 0 Å². The largest absolute Gasteiger partial charge is 0.392 e. The van der Waals surface area contributed by atoms with Gasteiger partial charge in [0.2, 0.25) is 0 Å². The zero-order valence-corrected chi connectivity index (χ0v) is 10.1. The lowest BCUT2D eigenvalue weighted by atomic mass is 10.0. The topological polar surface area (TPSA) is 95.8 Å². The van der Waals surface area contributed by atoms with Crippen molar-refractivity contribution in [2.75, 3.05) is 12.1 Å². The van der Waals surface area contributed by atoms with E-state index in [4.69, 9.17) is 11.7 Å². The maximum Gasteiger partial charge on any atom is 0.352 e. The molecule has 0 aliphatic rings. The third-order valence-corrected chi connectivity index (χ3v) is 2.55. The summed E-state index contributed by atoms with van der Waals surface area (Å²) in [6.07, 6.45) is 0.754. The van der Waals surface area contributed by atoms with Crippen LogP contribution in [-0.4, -0.2) is 23.2 Å². The number of amides is 2. The number of carbonyl (C=O) groups is 1. The molecule has 1 aromatic rings. The fourth-order valence-electron chi connectivity index (χ4n) is 1.63. The van der Waals surface area contributed by atoms with E-state index in [1.54, 1.807) is 12.1 Å². The van der Waals surface area contributed by atoms with E-state index >= 15 is 0 Å². The van der Waals surface area contributed by atoms with Gasteiger partial charge in [-0.3, -0.25) is 5.01 Å². The number of aliphatic hydroxyl groups excluding tert-OH is 1. The van der Waals surface area contributed by atoms with Crippen molar-refractivity contribution in [2.24, 2.45) is 11.7 Å². The number of anilines is 1. The second-order valence-electron chi connectivity index (χ2n) is 3.69. The van der Waals surface area contributed by atoms with E-state index in [2.05, 4.69) is 0 Å². The third-order valence-electron chi connectivity index (χ3n) is 2.55. The molecule has 1 aromatic carbocycles. The fourth-order valence-corrected chi connectivity index (χ4v) is 1.63. The molecule has 0 heterocycles. The molecule has 0 aromatic heterocycles. The van der Waals surface area contributed by atoms with Gasteiger partial charge in [-0.15, -0.1) is 0 Å². The minimum Gasteiger partial charge on any atom is -0.392 e. The van der Waals surface area contributed by atoms with Gasteiger partial charge >= 0.3 is 6.03 Å². The van der Waals surface area contributed by atoms with Crippen molar-refractivity contribution in [1.29, 1.82) is 0 Å². The van der Waals surface area contributed by atoms with Gasteiger partial charge in [-0.25, -0.2) is 21.5 Å². The molecule has 2 amide bonds. The smallest absolute Gasteiger partial charge is 0.352 e. The first-order valence-electron chi connectivity index (χ1n) is 5.31. The van der Waals surface area contributed by atoms with Crippen LogP contribution < -0.4 is 16.7 Å². The number of aryl methyl sites for hydroxylation is 1. The summed E-state index contributed by atoms with van der Waals surface area (Å²) in [4.78, 5) is 11.6. The normalized spacial score (nSPS) is 10.2. The Labute approximate surface area is 100 Å². The van der Waals surface area contributed by atoms with Crippen molar-refractivity contribution in [1.82, 2.24) is 5.01 Å². The van der Waals surface area contributed by atoms with Gasteiger partial charge in [0.1, 0.15) is 0 Å². The summed E-state index contributed by atoms with van der Waals surface area (Å²) in [6.45, 7) is 1.80. The highest BCUT2D eigenvalue weighted by atomic mass is 16.3. The lowest BCUT2D eigenvalue weighted by Crippen LogP contribution is -2.49. The molecule has 6 nitrogen and oxygen atoms in total. The molecule has 0 aliphatic heterocycles. The summed E-state index contributed by atoms with van der Waals surface area (Å²) < 4.78 is 0. The SMILES string of the molecule is CCc1cccc(N(N)C(=O)N(C)N)c1CO. The molecule has 94 valence electrons. The standard InChI is InChI=1S/C11H18N4O2/c1-3-8-5-4-6-10(9(8)7-16)15(13)11(17)14(2)12/h4-6,16H,3,7,12-13H2,1-2H3. The number of hydrazine groups is 2. The minimum absolute atomic E-state index is 0.172. The lowest BCUT2D eigenvalue weighted by molar-refractivity contribution is 0.216. The van der Waals surface area contributed by atoms with Crippen molar-refractivity contribution in [3.8, 4) is 0 Å². The molecule has 0 saturated carbocycles. The number of rotatable bonds is 3. The van der Waals surface area contributed by atoms with Gasteiger partial charge in [0.05, 0.1) is 12.3 Å². The van der Waals surface area contributed by atoms with Gasteiger partial charge in [0.15, 0.2) is 0 Å². The molecule has 17 heavy (non-hydrogen) atoms. The molecule has 5 N–H and O–H groups in total. The average Bonchev–Trinajstić information content (AvgIpc) is 2.35. The maximum absolute atomic E-state index is 11.6. The highest BCUT2D eigenvalue weighted by Gasteiger charge is 2.18. The highest BCUT2D eigenvalue weighted by molar-refractivity contribution is 5.91. The molecule has 0 spiro atoms. The van der Waals surface area contributed by atoms with Crippen LogP contribution in [0.4, 0.5) is 10.5 Å². The monoisotopic (exact) mass is 238 g/mol. The molecule has 0 fully saturated rings. The summed E-state index contributed by atoms with van der Waals surface area (Å²) >= 11 is 0. The number of hydrogen-bond acceptors (Lipinski definition) is 4. The van der Waals surface area contributed by atoms with Gasteiger partial charge in [-0.1, -0.05) is 19.1 Å². The summed E-state index contributed by atoms with van der Waals surface area (Å²) in [5.74, 6) is 11.0. The molecule has 0 aliphatic carbocycles. The Hall–Kier alpha value is -1.63. The van der Waals surface area contributed by atoms with Crippen LogP contribution >= 0.6 is 0 Å². The summed E-state index contributed by atoms with van der Waals surface area (Å²) in [6, 6.07) is 4.80. The van der Waals surface area contributed by atoms with Crippen molar-refractivity contribution in [2.45, 2.75) is 20.0 Å². The van der Waals surface area contributed by atoms with E-state index in [0.29, 0.717) is 11.3 Å². The van der Waals surface area contributed by atoms with Gasteiger partial charge < -0.3 is 5.11 Å². The minimum atomic E-state index is -0.548. The molecule has 6 heteroatoms.